The highest BCUT2D eigenvalue weighted by Crippen LogP contribution is 2.21. The molecule has 4 heteroatoms. The van der Waals surface area contributed by atoms with Crippen LogP contribution in [0.4, 0.5) is 0 Å². The molecule has 23 heavy (non-hydrogen) atoms. The lowest BCUT2D eigenvalue weighted by Crippen LogP contribution is -2.44. The summed E-state index contributed by atoms with van der Waals surface area (Å²) in [6.45, 7) is 4.32. The van der Waals surface area contributed by atoms with E-state index in [1.54, 1.807) is 6.08 Å². The van der Waals surface area contributed by atoms with Gasteiger partial charge in [-0.15, -0.1) is 0 Å². The van der Waals surface area contributed by atoms with E-state index >= 15 is 0 Å². The van der Waals surface area contributed by atoms with Crippen LogP contribution in [0.1, 0.15) is 37.7 Å². The first-order valence-electron chi connectivity index (χ1n) is 8.69. The Hall–Kier alpha value is -1.32. The van der Waals surface area contributed by atoms with E-state index in [2.05, 4.69) is 9.80 Å². The van der Waals surface area contributed by atoms with E-state index in [1.807, 2.05) is 30.3 Å². The number of hydrogen-bond acceptors (Lipinski definition) is 2. The number of halogens is 1. The van der Waals surface area contributed by atoms with Crippen molar-refractivity contribution in [3.63, 3.8) is 0 Å². The zero-order chi connectivity index (χ0) is 16.1. The van der Waals surface area contributed by atoms with Gasteiger partial charge >= 0.3 is 0 Å². The second-order valence-corrected chi connectivity index (χ2v) is 7.01. The molecule has 1 amide bonds. The molecule has 124 valence electrons. The van der Waals surface area contributed by atoms with E-state index in [9.17, 15) is 4.79 Å². The number of carbonyl (C=O) groups is 1. The summed E-state index contributed by atoms with van der Waals surface area (Å²) in [5, 5.41) is 0.717. The summed E-state index contributed by atoms with van der Waals surface area (Å²) >= 11 is 5.89. The van der Waals surface area contributed by atoms with Crippen molar-refractivity contribution in [1.29, 1.82) is 0 Å². The molecule has 0 spiro atoms. The smallest absolute Gasteiger partial charge is 0.246 e. The van der Waals surface area contributed by atoms with Gasteiger partial charge in [-0.2, -0.15) is 0 Å². The van der Waals surface area contributed by atoms with Crippen LogP contribution in [0.2, 0.25) is 5.02 Å². The first-order chi connectivity index (χ1) is 11.2. The lowest BCUT2D eigenvalue weighted by atomic mass is 10.1. The Morgan fingerprint density at radius 3 is 2.57 bits per heavy atom. The summed E-state index contributed by atoms with van der Waals surface area (Å²) in [7, 11) is 0. The van der Waals surface area contributed by atoms with Crippen LogP contribution in [0.5, 0.6) is 0 Å². The van der Waals surface area contributed by atoms with E-state index in [0.29, 0.717) is 6.04 Å². The van der Waals surface area contributed by atoms with Gasteiger partial charge in [0.25, 0.3) is 0 Å². The third-order valence-electron chi connectivity index (χ3n) is 4.87. The third kappa shape index (κ3) is 4.58. The van der Waals surface area contributed by atoms with Gasteiger partial charge in [0.1, 0.15) is 0 Å². The maximum absolute atomic E-state index is 12.5. The van der Waals surface area contributed by atoms with Crippen molar-refractivity contribution in [2.24, 2.45) is 0 Å². The number of piperidine rings is 1. The molecule has 0 aliphatic carbocycles. The van der Waals surface area contributed by atoms with Gasteiger partial charge < -0.3 is 9.80 Å². The Bertz CT molecular complexity index is 549. The highest BCUT2D eigenvalue weighted by molar-refractivity contribution is 6.30. The minimum absolute atomic E-state index is 0.138. The zero-order valence-electron chi connectivity index (χ0n) is 13.6. The number of hydrogen-bond donors (Lipinski definition) is 0. The fourth-order valence-electron chi connectivity index (χ4n) is 3.59. The van der Waals surface area contributed by atoms with Gasteiger partial charge in [-0.1, -0.05) is 30.2 Å². The molecule has 1 aromatic carbocycles. The second-order valence-electron chi connectivity index (χ2n) is 6.57. The molecule has 3 nitrogen and oxygen atoms in total. The number of benzene rings is 1. The topological polar surface area (TPSA) is 23.6 Å². The van der Waals surface area contributed by atoms with Crippen molar-refractivity contribution in [2.75, 3.05) is 26.2 Å². The molecule has 0 N–H and O–H groups in total. The van der Waals surface area contributed by atoms with Crippen molar-refractivity contribution in [1.82, 2.24) is 9.80 Å². The summed E-state index contributed by atoms with van der Waals surface area (Å²) < 4.78 is 0. The number of carbonyl (C=O) groups excluding carboxylic acids is 1. The molecule has 0 radical (unpaired) electrons. The summed E-state index contributed by atoms with van der Waals surface area (Å²) in [4.78, 5) is 17.1. The van der Waals surface area contributed by atoms with Crippen molar-refractivity contribution in [2.45, 2.75) is 38.1 Å². The van der Waals surface area contributed by atoms with Crippen LogP contribution in [0, 0.1) is 0 Å². The van der Waals surface area contributed by atoms with Crippen molar-refractivity contribution in [3.05, 3.63) is 40.9 Å². The maximum Gasteiger partial charge on any atom is 0.246 e. The Labute approximate surface area is 143 Å². The third-order valence-corrected chi connectivity index (χ3v) is 5.12. The van der Waals surface area contributed by atoms with Gasteiger partial charge in [-0.25, -0.2) is 0 Å². The van der Waals surface area contributed by atoms with Gasteiger partial charge in [0.05, 0.1) is 0 Å². The Kier molecular flexibility index (Phi) is 5.74. The van der Waals surface area contributed by atoms with Gasteiger partial charge in [-0.05, 0) is 62.5 Å². The van der Waals surface area contributed by atoms with Gasteiger partial charge in [0.2, 0.25) is 5.91 Å². The van der Waals surface area contributed by atoms with E-state index < -0.39 is 0 Å². The van der Waals surface area contributed by atoms with Gasteiger partial charge in [0.15, 0.2) is 0 Å². The summed E-state index contributed by atoms with van der Waals surface area (Å²) in [5.41, 5.74) is 1.01. The predicted molar refractivity (Wildman–Crippen MR) is 95.5 cm³/mol. The summed E-state index contributed by atoms with van der Waals surface area (Å²) in [5.74, 6) is 0.138. The van der Waals surface area contributed by atoms with Crippen LogP contribution < -0.4 is 0 Å². The molecular formula is C19H25ClN2O. The summed E-state index contributed by atoms with van der Waals surface area (Å²) in [6, 6.07) is 7.94. The average Bonchev–Trinajstić information content (AvgIpc) is 3.03. The molecule has 2 saturated heterocycles. The van der Waals surface area contributed by atoms with Crippen LogP contribution in [-0.4, -0.2) is 47.9 Å². The van der Waals surface area contributed by atoms with Crippen molar-refractivity contribution >= 4 is 23.6 Å². The Balaban J connectivity index is 1.57. The molecule has 2 aliphatic heterocycles. The molecule has 0 saturated carbocycles. The van der Waals surface area contributed by atoms with Crippen LogP contribution in [-0.2, 0) is 4.79 Å². The minimum Gasteiger partial charge on any atom is -0.335 e. The van der Waals surface area contributed by atoms with E-state index in [0.717, 1.165) is 36.5 Å². The molecule has 1 unspecified atom stereocenters. The van der Waals surface area contributed by atoms with Gasteiger partial charge in [0, 0.05) is 30.2 Å². The number of rotatable bonds is 4. The molecule has 2 heterocycles. The fourth-order valence-corrected chi connectivity index (χ4v) is 3.72. The molecule has 2 aliphatic rings. The normalized spacial score (nSPS) is 22.8. The van der Waals surface area contributed by atoms with Crippen LogP contribution in [0.25, 0.3) is 6.08 Å². The minimum atomic E-state index is 0.138. The Morgan fingerprint density at radius 1 is 1.09 bits per heavy atom. The van der Waals surface area contributed by atoms with E-state index in [1.165, 1.54) is 32.4 Å². The number of nitrogens with zero attached hydrogens (tertiary/aromatic N) is 2. The van der Waals surface area contributed by atoms with Gasteiger partial charge in [-0.3, -0.25) is 4.79 Å². The monoisotopic (exact) mass is 332 g/mol. The molecule has 0 aromatic heterocycles. The lowest BCUT2D eigenvalue weighted by molar-refractivity contribution is -0.127. The molecule has 0 bridgehead atoms. The molecule has 1 aromatic rings. The second kappa shape index (κ2) is 7.98. The summed E-state index contributed by atoms with van der Waals surface area (Å²) in [6.07, 6.45) is 9.81. The lowest BCUT2D eigenvalue weighted by Gasteiger charge is -2.32. The molecular weight excluding hydrogens is 308 g/mol. The highest BCUT2D eigenvalue weighted by atomic mass is 35.5. The predicted octanol–water partition coefficient (Wildman–Crippen LogP) is 3.83. The first kappa shape index (κ1) is 16.5. The zero-order valence-corrected chi connectivity index (χ0v) is 14.3. The first-order valence-corrected chi connectivity index (χ1v) is 9.07. The van der Waals surface area contributed by atoms with E-state index in [-0.39, 0.29) is 5.91 Å². The molecule has 3 rings (SSSR count). The van der Waals surface area contributed by atoms with Crippen molar-refractivity contribution < 1.29 is 4.79 Å². The molecule has 2 fully saturated rings. The van der Waals surface area contributed by atoms with E-state index in [4.69, 9.17) is 11.6 Å². The van der Waals surface area contributed by atoms with Crippen LogP contribution in [0.3, 0.4) is 0 Å². The van der Waals surface area contributed by atoms with Crippen LogP contribution >= 0.6 is 11.6 Å². The molecule has 1 atom stereocenters. The largest absolute Gasteiger partial charge is 0.335 e. The fraction of sp³-hybridized carbons (Fsp3) is 0.526. The quantitative estimate of drug-likeness (QED) is 0.782. The van der Waals surface area contributed by atoms with Crippen LogP contribution in [0.15, 0.2) is 30.3 Å². The average molecular weight is 333 g/mol. The highest BCUT2D eigenvalue weighted by Gasteiger charge is 2.29. The SMILES string of the molecule is O=C(/C=C/c1ccc(Cl)cc1)N1CCCC1CN1CCCCC1. The maximum atomic E-state index is 12.5. The standard InChI is InChI=1S/C19H25ClN2O/c20-17-9-6-16(7-10-17)8-11-19(23)22-14-4-5-18(22)15-21-12-2-1-3-13-21/h6-11,18H,1-5,12-15H2/b11-8+. The van der Waals surface area contributed by atoms with Crippen molar-refractivity contribution in [3.8, 4) is 0 Å². The Morgan fingerprint density at radius 2 is 1.83 bits per heavy atom. The number of likely N-dealkylation sites (tertiary alicyclic amines) is 2. The number of amides is 1.